The molecule has 1 heterocycles. The molecule has 2 aromatic rings. The predicted octanol–water partition coefficient (Wildman–Crippen LogP) is 4.35. The molecule has 0 unspecified atom stereocenters. The Hall–Kier alpha value is -2.00. The van der Waals surface area contributed by atoms with Gasteiger partial charge in [0.15, 0.2) is 0 Å². The molecule has 0 aliphatic rings. The van der Waals surface area contributed by atoms with Gasteiger partial charge in [0.1, 0.15) is 0 Å². The van der Waals surface area contributed by atoms with Crippen molar-refractivity contribution in [2.75, 3.05) is 5.75 Å². The first-order valence-electron chi connectivity index (χ1n) is 10.8. The van der Waals surface area contributed by atoms with Crippen molar-refractivity contribution < 1.29 is 14.3 Å². The minimum absolute atomic E-state index is 0.00243. The molecule has 2 rings (SSSR count). The molecule has 0 aliphatic heterocycles. The van der Waals surface area contributed by atoms with Crippen molar-refractivity contribution in [1.29, 1.82) is 0 Å². The number of hydrogen-bond donors (Lipinski definition) is 1. The number of rotatable bonds is 14. The first-order chi connectivity index (χ1) is 15.4. The molecule has 0 aliphatic carbocycles. The quantitative estimate of drug-likeness (QED) is 0.190. The Morgan fingerprint density at radius 3 is 2.44 bits per heavy atom. The summed E-state index contributed by atoms with van der Waals surface area (Å²) < 4.78 is 11.4. The van der Waals surface area contributed by atoms with Crippen LogP contribution in [0.15, 0.2) is 42.7 Å². The molecule has 6 nitrogen and oxygen atoms in total. The number of benzene rings is 1. The van der Waals surface area contributed by atoms with Crippen LogP contribution in [-0.2, 0) is 21.7 Å². The zero-order chi connectivity index (χ0) is 23.3. The van der Waals surface area contributed by atoms with Crippen LogP contribution < -0.4 is 5.32 Å². The number of Topliss-reactive ketones (excluding diaryl/α,β-unsaturated/α-hetero) is 1. The summed E-state index contributed by atoms with van der Waals surface area (Å²) in [5, 5.41) is 2.81. The molecular weight excluding hydrogens is 441 g/mol. The predicted molar refractivity (Wildman–Crippen MR) is 132 cm³/mol. The standard InChI is InChI=1S/C23H30BN3O3S2/c1-4-31-32-15-19-13-26-20(14-25-19)21(28)12-18(11-17-8-6-5-7-9-17)23(29)27-22(24-30)10-16(2)3/h5-9,13-14,16,18,22H,4,10-12,15H2,1-3H3,(H,27,29)/t18-,22+/m1/s1. The van der Waals surface area contributed by atoms with Crippen molar-refractivity contribution in [1.82, 2.24) is 15.3 Å². The van der Waals surface area contributed by atoms with E-state index >= 15 is 0 Å². The fourth-order valence-electron chi connectivity index (χ4n) is 3.20. The minimum atomic E-state index is -0.600. The van der Waals surface area contributed by atoms with E-state index in [9.17, 15) is 14.3 Å². The first kappa shape index (κ1) is 26.3. The molecule has 1 aromatic carbocycles. The van der Waals surface area contributed by atoms with E-state index in [1.807, 2.05) is 44.2 Å². The summed E-state index contributed by atoms with van der Waals surface area (Å²) in [6, 6.07) is 9.56. The maximum atomic E-state index is 13.0. The molecule has 0 bridgehead atoms. The van der Waals surface area contributed by atoms with Gasteiger partial charge in [-0.15, -0.1) is 0 Å². The molecule has 0 saturated carbocycles. The van der Waals surface area contributed by atoms with Gasteiger partial charge in [0, 0.05) is 5.75 Å². The molecule has 1 N–H and O–H groups in total. The van der Waals surface area contributed by atoms with Gasteiger partial charge in [-0.1, -0.05) is 17.7 Å². The number of carbonyl (C=O) groups is 2. The number of ketones is 1. The fraction of sp³-hybridized carbons (Fsp3) is 0.478. The number of aromatic nitrogens is 2. The van der Waals surface area contributed by atoms with Crippen molar-refractivity contribution in [3.05, 3.63) is 59.7 Å². The van der Waals surface area contributed by atoms with Crippen LogP contribution in [0.3, 0.4) is 0 Å². The maximum absolute atomic E-state index is 13.0. The number of amides is 1. The Morgan fingerprint density at radius 2 is 1.84 bits per heavy atom. The Morgan fingerprint density at radius 1 is 1.09 bits per heavy atom. The van der Waals surface area contributed by atoms with Crippen LogP contribution in [0.25, 0.3) is 0 Å². The van der Waals surface area contributed by atoms with Crippen LogP contribution in [-0.4, -0.2) is 40.5 Å². The second kappa shape index (κ2) is 14.2. The Kier molecular flexibility index (Phi) is 11.7. The number of nitrogens with zero attached hydrogens (tertiary/aromatic N) is 2. The van der Waals surface area contributed by atoms with Crippen molar-refractivity contribution in [2.24, 2.45) is 11.8 Å². The molecular formula is C23H30BN3O3S2. The van der Waals surface area contributed by atoms with E-state index in [0.717, 1.165) is 29.9 Å². The second-order valence-corrected chi connectivity index (χ2v) is 10.7. The second-order valence-electron chi connectivity index (χ2n) is 7.96. The third-order valence-corrected chi connectivity index (χ3v) is 7.12. The summed E-state index contributed by atoms with van der Waals surface area (Å²) >= 11 is 0. The topological polar surface area (TPSA) is 89.0 Å². The van der Waals surface area contributed by atoms with Crippen molar-refractivity contribution in [2.45, 2.75) is 51.7 Å². The van der Waals surface area contributed by atoms with Crippen LogP contribution in [0.4, 0.5) is 0 Å². The average molecular weight is 471 g/mol. The molecule has 170 valence electrons. The van der Waals surface area contributed by atoms with Crippen molar-refractivity contribution in [3.63, 3.8) is 0 Å². The SMILES string of the molecule is CCSSCc1cnc(C(=O)C[C@@H](Cc2ccccc2)C(=O)N[C@H](B=O)CC(C)C)cn1. The molecule has 9 heteroatoms. The van der Waals surface area contributed by atoms with E-state index in [0.29, 0.717) is 12.8 Å². The summed E-state index contributed by atoms with van der Waals surface area (Å²) in [6.07, 6.45) is 4.07. The molecule has 1 aromatic heterocycles. The molecule has 0 fully saturated rings. The molecule has 1 amide bonds. The Labute approximate surface area is 198 Å². The first-order valence-corrected chi connectivity index (χ1v) is 13.3. The van der Waals surface area contributed by atoms with E-state index in [1.165, 1.54) is 6.20 Å². The van der Waals surface area contributed by atoms with Crippen LogP contribution >= 0.6 is 21.6 Å². The summed E-state index contributed by atoms with van der Waals surface area (Å²) in [4.78, 5) is 34.5. The van der Waals surface area contributed by atoms with Crippen molar-refractivity contribution in [3.8, 4) is 0 Å². The average Bonchev–Trinajstić information content (AvgIpc) is 2.79. The van der Waals surface area contributed by atoms with E-state index in [-0.39, 0.29) is 29.7 Å². The molecule has 2 atom stereocenters. The number of carbonyl (C=O) groups excluding carboxylic acids is 2. The monoisotopic (exact) mass is 471 g/mol. The van der Waals surface area contributed by atoms with Gasteiger partial charge in [-0.3, -0.25) is 0 Å². The summed E-state index contributed by atoms with van der Waals surface area (Å²) in [5.74, 6) is 0.317. The summed E-state index contributed by atoms with van der Waals surface area (Å²) in [7, 11) is 4.21. The molecule has 0 saturated heterocycles. The van der Waals surface area contributed by atoms with Crippen LogP contribution in [0.1, 0.15) is 55.4 Å². The number of hydrogen-bond acceptors (Lipinski definition) is 7. The molecule has 0 spiro atoms. The van der Waals surface area contributed by atoms with Gasteiger partial charge in [0.05, 0.1) is 0 Å². The zero-order valence-electron chi connectivity index (χ0n) is 18.8. The van der Waals surface area contributed by atoms with Gasteiger partial charge in [0.25, 0.3) is 0 Å². The number of nitrogens with one attached hydrogen (secondary N) is 1. The van der Waals surface area contributed by atoms with E-state index in [2.05, 4.69) is 22.2 Å². The zero-order valence-corrected chi connectivity index (χ0v) is 20.5. The van der Waals surface area contributed by atoms with Gasteiger partial charge < -0.3 is 0 Å². The van der Waals surface area contributed by atoms with Gasteiger partial charge in [-0.05, 0) is 0 Å². The van der Waals surface area contributed by atoms with E-state index in [1.54, 1.807) is 27.8 Å². The summed E-state index contributed by atoms with van der Waals surface area (Å²) in [5.41, 5.74) is 2.02. The van der Waals surface area contributed by atoms with E-state index in [4.69, 9.17) is 0 Å². The van der Waals surface area contributed by atoms with Gasteiger partial charge in [-0.2, -0.15) is 0 Å². The van der Waals surface area contributed by atoms with Gasteiger partial charge in [0.2, 0.25) is 0 Å². The van der Waals surface area contributed by atoms with Gasteiger partial charge in [-0.25, -0.2) is 0 Å². The van der Waals surface area contributed by atoms with E-state index < -0.39 is 11.9 Å². The van der Waals surface area contributed by atoms with Crippen LogP contribution in [0.2, 0.25) is 0 Å². The van der Waals surface area contributed by atoms with Crippen LogP contribution in [0.5, 0.6) is 0 Å². The van der Waals surface area contributed by atoms with Crippen LogP contribution in [0, 0.1) is 11.8 Å². The summed E-state index contributed by atoms with van der Waals surface area (Å²) in [6.45, 7) is 6.08. The Balaban J connectivity index is 2.10. The Bertz CT molecular complexity index is 867. The molecule has 32 heavy (non-hydrogen) atoms. The third-order valence-electron chi connectivity index (χ3n) is 4.74. The van der Waals surface area contributed by atoms with Gasteiger partial charge >= 0.3 is 176 Å². The fourth-order valence-corrected chi connectivity index (χ4v) is 4.83. The normalized spacial score (nSPS) is 12.8. The van der Waals surface area contributed by atoms with Crippen molar-refractivity contribution >= 4 is 40.4 Å². The molecule has 0 radical (unpaired) electrons. The third kappa shape index (κ3) is 9.24.